The number of hydrogen-bond acceptors (Lipinski definition) is 3. The summed E-state index contributed by atoms with van der Waals surface area (Å²) in [5.74, 6) is 1.19. The molecule has 0 atom stereocenters. The van der Waals surface area contributed by atoms with Crippen LogP contribution in [0.4, 0.5) is 4.79 Å². The molecular formula is C16H20ClN3O2. The van der Waals surface area contributed by atoms with Gasteiger partial charge in [0.05, 0.1) is 16.7 Å². The molecule has 0 spiro atoms. The lowest BCUT2D eigenvalue weighted by atomic mass is 9.93. The molecule has 5 nitrogen and oxygen atoms in total. The Hall–Kier alpha value is -1.75. The lowest BCUT2D eigenvalue weighted by Gasteiger charge is -2.40. The lowest BCUT2D eigenvalue weighted by molar-refractivity contribution is 0.00816. The number of likely N-dealkylation sites (tertiary alicyclic amines) is 1. The van der Waals surface area contributed by atoms with Gasteiger partial charge in [0.25, 0.3) is 0 Å². The van der Waals surface area contributed by atoms with Gasteiger partial charge in [-0.15, -0.1) is 0 Å². The summed E-state index contributed by atoms with van der Waals surface area (Å²) in [4.78, 5) is 18.0. The van der Waals surface area contributed by atoms with E-state index >= 15 is 0 Å². The largest absolute Gasteiger partial charge is 0.444 e. The number of pyridine rings is 1. The number of imidazole rings is 1. The SMILES string of the molecule is Cc1ncc2c(Cl)cc(C3CN(C(=O)OC(C)(C)C)C3)cn12. The normalized spacial score (nSPS) is 16.0. The smallest absolute Gasteiger partial charge is 0.410 e. The van der Waals surface area contributed by atoms with Crippen molar-refractivity contribution < 1.29 is 9.53 Å². The Morgan fingerprint density at radius 3 is 2.73 bits per heavy atom. The van der Waals surface area contributed by atoms with Gasteiger partial charge < -0.3 is 14.0 Å². The minimum Gasteiger partial charge on any atom is -0.444 e. The number of hydrogen-bond donors (Lipinski definition) is 0. The molecular weight excluding hydrogens is 302 g/mol. The molecule has 0 N–H and O–H groups in total. The fourth-order valence-electron chi connectivity index (χ4n) is 2.59. The summed E-state index contributed by atoms with van der Waals surface area (Å²) >= 11 is 6.32. The molecule has 0 aromatic carbocycles. The third-order valence-corrected chi connectivity index (χ3v) is 4.11. The van der Waals surface area contributed by atoms with Gasteiger partial charge in [0.1, 0.15) is 11.4 Å². The zero-order chi connectivity index (χ0) is 16.1. The summed E-state index contributed by atoms with van der Waals surface area (Å²) in [7, 11) is 0. The number of aryl methyl sites for hydroxylation is 1. The van der Waals surface area contributed by atoms with Gasteiger partial charge in [-0.3, -0.25) is 0 Å². The Labute approximate surface area is 134 Å². The van der Waals surface area contributed by atoms with Crippen LogP contribution in [0.3, 0.4) is 0 Å². The molecule has 6 heteroatoms. The molecule has 1 aliphatic heterocycles. The Balaban J connectivity index is 1.73. The summed E-state index contributed by atoms with van der Waals surface area (Å²) in [6.45, 7) is 8.88. The van der Waals surface area contributed by atoms with E-state index in [0.29, 0.717) is 18.1 Å². The first-order valence-electron chi connectivity index (χ1n) is 7.35. The molecule has 1 amide bonds. The van der Waals surface area contributed by atoms with Crippen molar-refractivity contribution >= 4 is 23.2 Å². The van der Waals surface area contributed by atoms with Gasteiger partial charge in [-0.05, 0) is 39.3 Å². The predicted molar refractivity (Wildman–Crippen MR) is 85.5 cm³/mol. The van der Waals surface area contributed by atoms with Crippen molar-refractivity contribution in [2.24, 2.45) is 0 Å². The first-order valence-corrected chi connectivity index (χ1v) is 7.73. The highest BCUT2D eigenvalue weighted by Crippen LogP contribution is 2.31. The van der Waals surface area contributed by atoms with Crippen LogP contribution in [0.15, 0.2) is 18.5 Å². The summed E-state index contributed by atoms with van der Waals surface area (Å²) in [6, 6.07) is 1.97. The number of halogens is 1. The van der Waals surface area contributed by atoms with Crippen molar-refractivity contribution in [2.45, 2.75) is 39.2 Å². The Bertz CT molecular complexity index is 727. The molecule has 3 heterocycles. The van der Waals surface area contributed by atoms with Crippen molar-refractivity contribution in [2.75, 3.05) is 13.1 Å². The van der Waals surface area contributed by atoms with Crippen LogP contribution in [-0.2, 0) is 4.74 Å². The summed E-state index contributed by atoms with van der Waals surface area (Å²) < 4.78 is 7.37. The third-order valence-electron chi connectivity index (χ3n) is 3.80. The molecule has 0 aliphatic carbocycles. The van der Waals surface area contributed by atoms with E-state index in [4.69, 9.17) is 16.3 Å². The molecule has 1 fully saturated rings. The number of aromatic nitrogens is 2. The van der Waals surface area contributed by atoms with Crippen LogP contribution in [0.2, 0.25) is 5.02 Å². The van der Waals surface area contributed by atoms with E-state index in [1.54, 1.807) is 11.1 Å². The third kappa shape index (κ3) is 2.77. The van der Waals surface area contributed by atoms with Gasteiger partial charge in [0.2, 0.25) is 0 Å². The molecule has 0 unspecified atom stereocenters. The molecule has 0 radical (unpaired) electrons. The van der Waals surface area contributed by atoms with E-state index in [-0.39, 0.29) is 12.0 Å². The minimum absolute atomic E-state index is 0.255. The van der Waals surface area contributed by atoms with Gasteiger partial charge in [-0.1, -0.05) is 11.6 Å². The topological polar surface area (TPSA) is 46.8 Å². The maximum atomic E-state index is 12.0. The molecule has 22 heavy (non-hydrogen) atoms. The summed E-state index contributed by atoms with van der Waals surface area (Å²) in [6.07, 6.45) is 3.57. The number of ether oxygens (including phenoxy) is 1. The van der Waals surface area contributed by atoms with Crippen LogP contribution in [0.5, 0.6) is 0 Å². The number of carbonyl (C=O) groups is 1. The van der Waals surface area contributed by atoms with Crippen LogP contribution >= 0.6 is 11.6 Å². The highest BCUT2D eigenvalue weighted by atomic mass is 35.5. The monoisotopic (exact) mass is 321 g/mol. The molecule has 0 bridgehead atoms. The van der Waals surface area contributed by atoms with Crippen LogP contribution in [0.1, 0.15) is 38.1 Å². The zero-order valence-corrected chi connectivity index (χ0v) is 14.0. The van der Waals surface area contributed by atoms with E-state index in [1.165, 1.54) is 0 Å². The van der Waals surface area contributed by atoms with Crippen molar-refractivity contribution in [3.8, 4) is 0 Å². The van der Waals surface area contributed by atoms with Gasteiger partial charge in [-0.25, -0.2) is 9.78 Å². The molecule has 2 aromatic rings. The molecule has 0 saturated carbocycles. The predicted octanol–water partition coefficient (Wildman–Crippen LogP) is 3.63. The zero-order valence-electron chi connectivity index (χ0n) is 13.3. The van der Waals surface area contributed by atoms with Crippen LogP contribution < -0.4 is 0 Å². The maximum absolute atomic E-state index is 12.0. The van der Waals surface area contributed by atoms with E-state index in [1.807, 2.05) is 38.2 Å². The number of rotatable bonds is 1. The lowest BCUT2D eigenvalue weighted by Crippen LogP contribution is -2.50. The molecule has 118 valence electrons. The van der Waals surface area contributed by atoms with E-state index in [2.05, 4.69) is 11.2 Å². The fraction of sp³-hybridized carbons (Fsp3) is 0.500. The van der Waals surface area contributed by atoms with E-state index in [9.17, 15) is 4.79 Å². The Kier molecular flexibility index (Phi) is 3.56. The Morgan fingerprint density at radius 2 is 2.09 bits per heavy atom. The van der Waals surface area contributed by atoms with Gasteiger partial charge >= 0.3 is 6.09 Å². The second-order valence-corrected chi connectivity index (χ2v) is 7.17. The fourth-order valence-corrected chi connectivity index (χ4v) is 2.85. The quantitative estimate of drug-likeness (QED) is 0.805. The van der Waals surface area contributed by atoms with Crippen molar-refractivity contribution in [3.63, 3.8) is 0 Å². The van der Waals surface area contributed by atoms with E-state index in [0.717, 1.165) is 16.9 Å². The average molecular weight is 322 g/mol. The second-order valence-electron chi connectivity index (χ2n) is 6.76. The average Bonchev–Trinajstić information content (AvgIpc) is 2.67. The highest BCUT2D eigenvalue weighted by molar-refractivity contribution is 6.33. The Morgan fingerprint density at radius 1 is 1.41 bits per heavy atom. The molecule has 1 saturated heterocycles. The minimum atomic E-state index is -0.460. The summed E-state index contributed by atoms with van der Waals surface area (Å²) in [5.41, 5.74) is 1.57. The van der Waals surface area contributed by atoms with Crippen molar-refractivity contribution in [3.05, 3.63) is 34.9 Å². The van der Waals surface area contributed by atoms with Gasteiger partial charge in [-0.2, -0.15) is 0 Å². The number of amides is 1. The first kappa shape index (κ1) is 15.2. The molecule has 2 aromatic heterocycles. The van der Waals surface area contributed by atoms with Crippen LogP contribution in [0, 0.1) is 6.92 Å². The van der Waals surface area contributed by atoms with Gasteiger partial charge in [0.15, 0.2) is 0 Å². The van der Waals surface area contributed by atoms with Crippen molar-refractivity contribution in [1.29, 1.82) is 0 Å². The number of carbonyl (C=O) groups excluding carboxylic acids is 1. The maximum Gasteiger partial charge on any atom is 0.410 e. The first-order chi connectivity index (χ1) is 10.2. The van der Waals surface area contributed by atoms with Crippen LogP contribution in [-0.4, -0.2) is 39.1 Å². The van der Waals surface area contributed by atoms with E-state index < -0.39 is 5.60 Å². The second kappa shape index (κ2) is 5.16. The molecule has 3 rings (SSSR count). The van der Waals surface area contributed by atoms with Crippen molar-refractivity contribution in [1.82, 2.24) is 14.3 Å². The van der Waals surface area contributed by atoms with Gasteiger partial charge in [0, 0.05) is 25.2 Å². The van der Waals surface area contributed by atoms with Crippen LogP contribution in [0.25, 0.3) is 5.52 Å². The summed E-state index contributed by atoms with van der Waals surface area (Å²) in [5, 5.41) is 0.689. The molecule has 1 aliphatic rings. The highest BCUT2D eigenvalue weighted by Gasteiger charge is 2.35. The number of nitrogens with zero attached hydrogens (tertiary/aromatic N) is 3. The standard InChI is InChI=1S/C16H20ClN3O2/c1-10-18-6-14-13(17)5-11(9-20(10)14)12-7-19(8-12)15(21)22-16(2,3)4/h5-6,9,12H,7-8H2,1-4H3. The number of fused-ring (bicyclic) bond motifs is 1.